The molecule has 0 fully saturated rings. The molecular formula is C15H14N4O. The van der Waals surface area contributed by atoms with Crippen molar-refractivity contribution in [2.45, 2.75) is 13.0 Å². The maximum absolute atomic E-state index is 11.0. The van der Waals surface area contributed by atoms with Crippen LogP contribution in [0.15, 0.2) is 59.9 Å². The second kappa shape index (κ2) is 5.52. The average molecular weight is 266 g/mol. The zero-order valence-corrected chi connectivity index (χ0v) is 10.9. The third-order valence-corrected chi connectivity index (χ3v) is 3.15. The van der Waals surface area contributed by atoms with Gasteiger partial charge in [-0.3, -0.25) is 4.79 Å². The molecular weight excluding hydrogens is 252 g/mol. The van der Waals surface area contributed by atoms with Crippen LogP contribution < -0.4 is 5.56 Å². The number of hydrogen-bond acceptors (Lipinski definition) is 3. The predicted molar refractivity (Wildman–Crippen MR) is 76.2 cm³/mol. The van der Waals surface area contributed by atoms with E-state index in [2.05, 4.69) is 31.9 Å². The standard InChI is InChI=1S/C15H14N4O/c20-15-6-5-14(17-18-15)13-3-1-12(2-4-13)7-9-19-10-8-16-11-19/h1-6,8,10-11H,7,9H2,(H,18,20). The highest BCUT2D eigenvalue weighted by molar-refractivity contribution is 5.58. The zero-order valence-electron chi connectivity index (χ0n) is 10.9. The molecule has 0 amide bonds. The molecule has 5 nitrogen and oxygen atoms in total. The first-order chi connectivity index (χ1) is 9.81. The molecule has 0 atom stereocenters. The van der Waals surface area contributed by atoms with Crippen LogP contribution in [0.3, 0.4) is 0 Å². The van der Waals surface area contributed by atoms with Gasteiger partial charge in [-0.05, 0) is 18.1 Å². The quantitative estimate of drug-likeness (QED) is 0.784. The first kappa shape index (κ1) is 12.3. The number of aromatic nitrogens is 4. The van der Waals surface area contributed by atoms with Crippen LogP contribution in [0.2, 0.25) is 0 Å². The van der Waals surface area contributed by atoms with Crippen LogP contribution in [-0.4, -0.2) is 19.7 Å². The highest BCUT2D eigenvalue weighted by Gasteiger charge is 2.00. The van der Waals surface area contributed by atoms with Gasteiger partial charge in [-0.2, -0.15) is 5.10 Å². The summed E-state index contributed by atoms with van der Waals surface area (Å²) >= 11 is 0. The molecule has 0 aliphatic carbocycles. The fourth-order valence-corrected chi connectivity index (χ4v) is 2.02. The van der Waals surface area contributed by atoms with Crippen molar-refractivity contribution in [1.29, 1.82) is 0 Å². The molecule has 0 spiro atoms. The molecule has 5 heteroatoms. The topological polar surface area (TPSA) is 63.6 Å². The number of benzene rings is 1. The van der Waals surface area contributed by atoms with Gasteiger partial charge in [0.15, 0.2) is 0 Å². The van der Waals surface area contributed by atoms with Crippen molar-refractivity contribution >= 4 is 0 Å². The molecule has 3 aromatic rings. The normalized spacial score (nSPS) is 10.6. The minimum absolute atomic E-state index is 0.189. The van der Waals surface area contributed by atoms with Gasteiger partial charge in [-0.25, -0.2) is 10.1 Å². The Kier molecular flexibility index (Phi) is 3.41. The summed E-state index contributed by atoms with van der Waals surface area (Å²) in [5, 5.41) is 6.46. The summed E-state index contributed by atoms with van der Waals surface area (Å²) in [6.07, 6.45) is 6.51. The van der Waals surface area contributed by atoms with Crippen molar-refractivity contribution in [3.63, 3.8) is 0 Å². The van der Waals surface area contributed by atoms with E-state index >= 15 is 0 Å². The van der Waals surface area contributed by atoms with Gasteiger partial charge in [0.2, 0.25) is 0 Å². The number of aryl methyl sites for hydroxylation is 2. The minimum atomic E-state index is -0.189. The Morgan fingerprint density at radius 1 is 1.10 bits per heavy atom. The van der Waals surface area contributed by atoms with Crippen LogP contribution in [0.1, 0.15) is 5.56 Å². The summed E-state index contributed by atoms with van der Waals surface area (Å²) in [6.45, 7) is 0.913. The lowest BCUT2D eigenvalue weighted by Gasteiger charge is -2.04. The van der Waals surface area contributed by atoms with E-state index in [1.54, 1.807) is 12.3 Å². The Bertz CT molecular complexity index is 709. The molecule has 0 aliphatic heterocycles. The summed E-state index contributed by atoms with van der Waals surface area (Å²) in [5.41, 5.74) is 2.83. The van der Waals surface area contributed by atoms with Crippen LogP contribution in [0.5, 0.6) is 0 Å². The van der Waals surface area contributed by atoms with Gasteiger partial charge in [0.1, 0.15) is 0 Å². The lowest BCUT2D eigenvalue weighted by atomic mass is 10.1. The van der Waals surface area contributed by atoms with E-state index in [1.165, 1.54) is 11.6 Å². The van der Waals surface area contributed by atoms with Gasteiger partial charge in [0.25, 0.3) is 5.56 Å². The number of nitrogens with one attached hydrogen (secondary N) is 1. The molecule has 0 saturated heterocycles. The molecule has 1 N–H and O–H groups in total. The molecule has 0 aliphatic rings. The van der Waals surface area contributed by atoms with Gasteiger partial charge in [-0.1, -0.05) is 24.3 Å². The highest BCUT2D eigenvalue weighted by Crippen LogP contribution is 2.16. The number of hydrogen-bond donors (Lipinski definition) is 1. The molecule has 0 unspecified atom stereocenters. The van der Waals surface area contributed by atoms with Crippen molar-refractivity contribution in [2.24, 2.45) is 0 Å². The smallest absolute Gasteiger partial charge is 0.264 e. The van der Waals surface area contributed by atoms with Crippen molar-refractivity contribution in [1.82, 2.24) is 19.7 Å². The zero-order chi connectivity index (χ0) is 13.8. The molecule has 2 heterocycles. The molecule has 3 rings (SSSR count). The fraction of sp³-hybridized carbons (Fsp3) is 0.133. The van der Waals surface area contributed by atoms with E-state index in [0.717, 1.165) is 24.2 Å². The molecule has 20 heavy (non-hydrogen) atoms. The van der Waals surface area contributed by atoms with E-state index in [0.29, 0.717) is 0 Å². The van der Waals surface area contributed by atoms with Crippen molar-refractivity contribution in [3.05, 3.63) is 71.0 Å². The first-order valence-corrected chi connectivity index (χ1v) is 6.42. The van der Waals surface area contributed by atoms with E-state index in [4.69, 9.17) is 0 Å². The molecule has 0 radical (unpaired) electrons. The summed E-state index contributed by atoms with van der Waals surface area (Å²) in [5.74, 6) is 0. The van der Waals surface area contributed by atoms with Crippen LogP contribution >= 0.6 is 0 Å². The highest BCUT2D eigenvalue weighted by atomic mass is 16.1. The Labute approximate surface area is 115 Å². The van der Waals surface area contributed by atoms with Gasteiger partial charge < -0.3 is 4.57 Å². The van der Waals surface area contributed by atoms with Crippen LogP contribution in [0.25, 0.3) is 11.3 Å². The molecule has 2 aromatic heterocycles. The lowest BCUT2D eigenvalue weighted by molar-refractivity contribution is 0.696. The second-order valence-corrected chi connectivity index (χ2v) is 4.55. The summed E-state index contributed by atoms with van der Waals surface area (Å²) in [7, 11) is 0. The molecule has 100 valence electrons. The van der Waals surface area contributed by atoms with Gasteiger partial charge >= 0.3 is 0 Å². The molecule has 1 aromatic carbocycles. The number of aromatic amines is 1. The average Bonchev–Trinajstić information content (AvgIpc) is 3.00. The first-order valence-electron chi connectivity index (χ1n) is 6.42. The van der Waals surface area contributed by atoms with Gasteiger partial charge in [-0.15, -0.1) is 0 Å². The Balaban J connectivity index is 1.71. The van der Waals surface area contributed by atoms with E-state index in [1.807, 2.05) is 24.7 Å². The SMILES string of the molecule is O=c1ccc(-c2ccc(CCn3ccnc3)cc2)n[nH]1. The number of nitrogens with zero attached hydrogens (tertiary/aromatic N) is 3. The monoisotopic (exact) mass is 266 g/mol. The van der Waals surface area contributed by atoms with Gasteiger partial charge in [0, 0.05) is 30.6 Å². The molecule has 0 bridgehead atoms. The van der Waals surface area contributed by atoms with Crippen molar-refractivity contribution < 1.29 is 0 Å². The summed E-state index contributed by atoms with van der Waals surface area (Å²) < 4.78 is 2.05. The number of imidazole rings is 1. The number of H-pyrrole nitrogens is 1. The van der Waals surface area contributed by atoms with E-state index in [-0.39, 0.29) is 5.56 Å². The third-order valence-electron chi connectivity index (χ3n) is 3.15. The van der Waals surface area contributed by atoms with Crippen molar-refractivity contribution in [3.8, 4) is 11.3 Å². The van der Waals surface area contributed by atoms with Gasteiger partial charge in [0.05, 0.1) is 12.0 Å². The summed E-state index contributed by atoms with van der Waals surface area (Å²) in [6, 6.07) is 11.4. The van der Waals surface area contributed by atoms with Crippen molar-refractivity contribution in [2.75, 3.05) is 0 Å². The van der Waals surface area contributed by atoms with Crippen LogP contribution in [0.4, 0.5) is 0 Å². The largest absolute Gasteiger partial charge is 0.337 e. The molecule has 0 saturated carbocycles. The maximum atomic E-state index is 11.0. The van der Waals surface area contributed by atoms with E-state index in [9.17, 15) is 4.79 Å². The Morgan fingerprint density at radius 2 is 1.95 bits per heavy atom. The number of rotatable bonds is 4. The lowest BCUT2D eigenvalue weighted by Crippen LogP contribution is -2.05. The Hall–Kier alpha value is -2.69. The minimum Gasteiger partial charge on any atom is -0.337 e. The maximum Gasteiger partial charge on any atom is 0.264 e. The van der Waals surface area contributed by atoms with Crippen LogP contribution in [-0.2, 0) is 13.0 Å². The second-order valence-electron chi connectivity index (χ2n) is 4.55. The Morgan fingerprint density at radius 3 is 2.60 bits per heavy atom. The summed E-state index contributed by atoms with van der Waals surface area (Å²) in [4.78, 5) is 15.0. The predicted octanol–water partition coefficient (Wildman–Crippen LogP) is 1.88. The fourth-order valence-electron chi connectivity index (χ4n) is 2.02. The van der Waals surface area contributed by atoms with Crippen LogP contribution in [0, 0.1) is 0 Å². The van der Waals surface area contributed by atoms with E-state index < -0.39 is 0 Å². The third kappa shape index (κ3) is 2.83.